The molecule has 6 heteroatoms. The van der Waals surface area contributed by atoms with Crippen molar-refractivity contribution in [2.75, 3.05) is 0 Å². The summed E-state index contributed by atoms with van der Waals surface area (Å²) in [5.74, 6) is 1.43. The number of hydrogen-bond donors (Lipinski definition) is 0. The van der Waals surface area contributed by atoms with Gasteiger partial charge in [-0.25, -0.2) is 9.50 Å². The van der Waals surface area contributed by atoms with Crippen molar-refractivity contribution in [1.82, 2.24) is 19.6 Å². The summed E-state index contributed by atoms with van der Waals surface area (Å²) in [6.45, 7) is 1.82. The van der Waals surface area contributed by atoms with Crippen molar-refractivity contribution in [3.63, 3.8) is 0 Å². The third kappa shape index (κ3) is 2.09. The van der Waals surface area contributed by atoms with Crippen molar-refractivity contribution in [3.8, 4) is 0 Å². The molecule has 0 spiro atoms. The first-order valence-electron chi connectivity index (χ1n) is 7.12. The van der Waals surface area contributed by atoms with Crippen molar-refractivity contribution in [1.29, 1.82) is 0 Å². The van der Waals surface area contributed by atoms with Crippen LogP contribution in [0, 0.1) is 6.92 Å². The predicted octanol–water partition coefficient (Wildman–Crippen LogP) is 3.00. The van der Waals surface area contributed by atoms with Crippen LogP contribution in [-0.2, 0) is 6.42 Å². The Morgan fingerprint density at radius 2 is 2.00 bits per heavy atom. The zero-order valence-corrected chi connectivity index (χ0v) is 12.7. The molecule has 1 aliphatic carbocycles. The fourth-order valence-electron chi connectivity index (χ4n) is 3.02. The van der Waals surface area contributed by atoms with Crippen LogP contribution in [-0.4, -0.2) is 25.4 Å². The summed E-state index contributed by atoms with van der Waals surface area (Å²) in [5, 5.41) is 5.07. The van der Waals surface area contributed by atoms with Gasteiger partial charge in [0.05, 0.1) is 11.3 Å². The predicted molar refractivity (Wildman–Crippen MR) is 82.4 cm³/mol. The SMILES string of the molecule is Cc1nc2ncc3c(n2n1)CC(c1ccc(Cl)cc1)CC3=O. The second kappa shape index (κ2) is 4.88. The quantitative estimate of drug-likeness (QED) is 0.693. The van der Waals surface area contributed by atoms with E-state index in [0.717, 1.165) is 17.7 Å². The van der Waals surface area contributed by atoms with Crippen LogP contribution in [0.25, 0.3) is 5.78 Å². The summed E-state index contributed by atoms with van der Waals surface area (Å²) < 4.78 is 1.70. The molecule has 1 aliphatic rings. The zero-order chi connectivity index (χ0) is 15.3. The van der Waals surface area contributed by atoms with Gasteiger partial charge < -0.3 is 0 Å². The molecule has 0 bridgehead atoms. The monoisotopic (exact) mass is 312 g/mol. The van der Waals surface area contributed by atoms with Crippen LogP contribution >= 0.6 is 11.6 Å². The van der Waals surface area contributed by atoms with Gasteiger partial charge in [0.15, 0.2) is 5.78 Å². The molecule has 3 aromatic rings. The number of nitrogens with zero attached hydrogens (tertiary/aromatic N) is 4. The van der Waals surface area contributed by atoms with Crippen LogP contribution in [0.2, 0.25) is 5.02 Å². The normalized spacial score (nSPS) is 17.7. The second-order valence-corrected chi connectivity index (χ2v) is 6.01. The van der Waals surface area contributed by atoms with Gasteiger partial charge in [-0.3, -0.25) is 4.79 Å². The minimum absolute atomic E-state index is 0.101. The smallest absolute Gasteiger partial charge is 0.252 e. The lowest BCUT2D eigenvalue weighted by atomic mass is 9.82. The Bertz CT molecular complexity index is 885. The van der Waals surface area contributed by atoms with Crippen LogP contribution in [0.4, 0.5) is 0 Å². The lowest BCUT2D eigenvalue weighted by Crippen LogP contribution is -2.22. The van der Waals surface area contributed by atoms with E-state index in [-0.39, 0.29) is 11.7 Å². The Hall–Kier alpha value is -2.27. The van der Waals surface area contributed by atoms with Gasteiger partial charge in [0.1, 0.15) is 5.82 Å². The highest BCUT2D eigenvalue weighted by atomic mass is 35.5. The summed E-state index contributed by atoms with van der Waals surface area (Å²) in [4.78, 5) is 21.0. The van der Waals surface area contributed by atoms with Crippen LogP contribution < -0.4 is 0 Å². The van der Waals surface area contributed by atoms with Gasteiger partial charge >= 0.3 is 0 Å². The maximum absolute atomic E-state index is 12.5. The van der Waals surface area contributed by atoms with Crippen molar-refractivity contribution in [2.45, 2.75) is 25.7 Å². The second-order valence-electron chi connectivity index (χ2n) is 5.57. The van der Waals surface area contributed by atoms with Crippen molar-refractivity contribution in [3.05, 3.63) is 58.1 Å². The summed E-state index contributed by atoms with van der Waals surface area (Å²) in [7, 11) is 0. The molecule has 2 aromatic heterocycles. The summed E-state index contributed by atoms with van der Waals surface area (Å²) in [5.41, 5.74) is 2.66. The van der Waals surface area contributed by atoms with E-state index in [0.29, 0.717) is 28.6 Å². The number of benzene rings is 1. The standard InChI is InChI=1S/C16H13ClN4O/c1-9-19-16-18-8-13-14(21(16)20-9)6-11(7-15(13)22)10-2-4-12(17)5-3-10/h2-5,8,11H,6-7H2,1H3. The van der Waals surface area contributed by atoms with E-state index in [1.165, 1.54) is 0 Å². The van der Waals surface area contributed by atoms with E-state index in [9.17, 15) is 4.79 Å². The molecule has 1 unspecified atom stereocenters. The minimum atomic E-state index is 0.101. The molecule has 0 amide bonds. The van der Waals surface area contributed by atoms with Gasteiger partial charge in [-0.05, 0) is 37.0 Å². The molecular weight excluding hydrogens is 300 g/mol. The van der Waals surface area contributed by atoms with E-state index >= 15 is 0 Å². The first-order chi connectivity index (χ1) is 10.6. The molecule has 0 saturated carbocycles. The highest BCUT2D eigenvalue weighted by Crippen LogP contribution is 2.32. The Morgan fingerprint density at radius 3 is 2.77 bits per heavy atom. The number of carbonyl (C=O) groups is 1. The fraction of sp³-hybridized carbons (Fsp3) is 0.250. The van der Waals surface area contributed by atoms with Crippen LogP contribution in [0.1, 0.15) is 39.8 Å². The molecule has 1 atom stereocenters. The molecule has 5 nitrogen and oxygen atoms in total. The first-order valence-corrected chi connectivity index (χ1v) is 7.49. The molecule has 22 heavy (non-hydrogen) atoms. The van der Waals surface area contributed by atoms with Gasteiger partial charge in [-0.2, -0.15) is 10.1 Å². The number of fused-ring (bicyclic) bond motifs is 3. The molecule has 0 fully saturated rings. The van der Waals surface area contributed by atoms with Gasteiger partial charge in [0, 0.05) is 17.6 Å². The molecule has 0 aliphatic heterocycles. The van der Waals surface area contributed by atoms with Gasteiger partial charge in [0.25, 0.3) is 5.78 Å². The van der Waals surface area contributed by atoms with Gasteiger partial charge in [-0.15, -0.1) is 0 Å². The van der Waals surface area contributed by atoms with E-state index in [1.807, 2.05) is 31.2 Å². The fourth-order valence-corrected chi connectivity index (χ4v) is 3.14. The van der Waals surface area contributed by atoms with E-state index in [1.54, 1.807) is 10.7 Å². The topological polar surface area (TPSA) is 60.1 Å². The molecule has 0 N–H and O–H groups in total. The van der Waals surface area contributed by atoms with Crippen molar-refractivity contribution < 1.29 is 4.79 Å². The lowest BCUT2D eigenvalue weighted by Gasteiger charge is -2.23. The number of hydrogen-bond acceptors (Lipinski definition) is 4. The third-order valence-electron chi connectivity index (χ3n) is 4.09. The number of halogens is 1. The minimum Gasteiger partial charge on any atom is -0.294 e. The van der Waals surface area contributed by atoms with Crippen molar-refractivity contribution in [2.24, 2.45) is 0 Å². The number of aromatic nitrogens is 4. The Morgan fingerprint density at radius 1 is 1.23 bits per heavy atom. The molecule has 1 aromatic carbocycles. The maximum Gasteiger partial charge on any atom is 0.252 e. The highest BCUT2D eigenvalue weighted by Gasteiger charge is 2.29. The average molecular weight is 313 g/mol. The Labute approximate surface area is 132 Å². The molecule has 2 heterocycles. The molecular formula is C16H13ClN4O. The van der Waals surface area contributed by atoms with E-state index < -0.39 is 0 Å². The molecule has 110 valence electrons. The zero-order valence-electron chi connectivity index (χ0n) is 12.0. The molecule has 0 saturated heterocycles. The Balaban J connectivity index is 1.82. The largest absolute Gasteiger partial charge is 0.294 e. The van der Waals surface area contributed by atoms with Crippen LogP contribution in [0.5, 0.6) is 0 Å². The average Bonchev–Trinajstić information content (AvgIpc) is 2.88. The first kappa shape index (κ1) is 13.4. The molecule has 0 radical (unpaired) electrons. The van der Waals surface area contributed by atoms with Crippen LogP contribution in [0.15, 0.2) is 30.5 Å². The maximum atomic E-state index is 12.5. The highest BCUT2D eigenvalue weighted by molar-refractivity contribution is 6.30. The van der Waals surface area contributed by atoms with E-state index in [2.05, 4.69) is 15.1 Å². The number of rotatable bonds is 1. The van der Waals surface area contributed by atoms with Crippen molar-refractivity contribution >= 4 is 23.2 Å². The summed E-state index contributed by atoms with van der Waals surface area (Å²) in [6, 6.07) is 7.68. The number of Topliss-reactive ketones (excluding diaryl/α,β-unsaturated/α-hetero) is 1. The summed E-state index contributed by atoms with van der Waals surface area (Å²) in [6.07, 6.45) is 2.85. The van der Waals surface area contributed by atoms with Gasteiger partial charge in [0.2, 0.25) is 0 Å². The number of carbonyl (C=O) groups excluding carboxylic acids is 1. The summed E-state index contributed by atoms with van der Waals surface area (Å²) >= 11 is 5.94. The lowest BCUT2D eigenvalue weighted by molar-refractivity contribution is 0.0962. The van der Waals surface area contributed by atoms with E-state index in [4.69, 9.17) is 11.6 Å². The van der Waals surface area contributed by atoms with Crippen LogP contribution in [0.3, 0.4) is 0 Å². The number of ketones is 1. The molecule has 4 rings (SSSR count). The Kier molecular flexibility index (Phi) is 2.97. The number of aryl methyl sites for hydroxylation is 1. The van der Waals surface area contributed by atoms with Gasteiger partial charge in [-0.1, -0.05) is 23.7 Å². The third-order valence-corrected chi connectivity index (χ3v) is 4.34.